The van der Waals surface area contributed by atoms with Crippen molar-refractivity contribution in [3.05, 3.63) is 85.0 Å². The fraction of sp³-hybridized carbons (Fsp3) is 0.448. The molecule has 2 aromatic heterocycles. The Morgan fingerprint density at radius 1 is 1.14 bits per heavy atom. The van der Waals surface area contributed by atoms with Crippen LogP contribution in [0.25, 0.3) is 11.3 Å². The summed E-state index contributed by atoms with van der Waals surface area (Å²) in [5.74, 6) is 0.965. The zero-order valence-electron chi connectivity index (χ0n) is 21.5. The Morgan fingerprint density at radius 2 is 1.89 bits per heavy atom. The lowest BCUT2D eigenvalue weighted by Gasteiger charge is -2.33. The van der Waals surface area contributed by atoms with Crippen molar-refractivity contribution in [1.29, 1.82) is 0 Å². The lowest BCUT2D eigenvalue weighted by atomic mass is 9.93. The number of aromatic nitrogens is 3. The van der Waals surface area contributed by atoms with Crippen molar-refractivity contribution in [2.75, 3.05) is 39.3 Å². The number of hydrogen-bond donors (Lipinski definition) is 1. The molecule has 2 aromatic rings. The van der Waals surface area contributed by atoms with Gasteiger partial charge in [-0.3, -0.25) is 4.90 Å². The first-order valence-corrected chi connectivity index (χ1v) is 12.8. The molecule has 1 unspecified atom stereocenters. The van der Waals surface area contributed by atoms with Crippen molar-refractivity contribution < 1.29 is 0 Å². The van der Waals surface area contributed by atoms with Crippen LogP contribution in [0, 0.1) is 5.92 Å². The van der Waals surface area contributed by atoms with E-state index in [-0.39, 0.29) is 0 Å². The highest BCUT2D eigenvalue weighted by Crippen LogP contribution is 2.28. The van der Waals surface area contributed by atoms with Gasteiger partial charge in [-0.1, -0.05) is 45.4 Å². The van der Waals surface area contributed by atoms with Crippen molar-refractivity contribution >= 4 is 11.3 Å². The van der Waals surface area contributed by atoms with Crippen LogP contribution in [0.2, 0.25) is 0 Å². The molecule has 1 fully saturated rings. The summed E-state index contributed by atoms with van der Waals surface area (Å²) in [5, 5.41) is 8.39. The number of nitrogens with zero attached hydrogens (tertiary/aromatic N) is 5. The summed E-state index contributed by atoms with van der Waals surface area (Å²) in [7, 11) is 0. The predicted octanol–water partition coefficient (Wildman–Crippen LogP) is 5.01. The van der Waals surface area contributed by atoms with Crippen molar-refractivity contribution in [3.63, 3.8) is 0 Å². The first-order chi connectivity index (χ1) is 16.9. The number of fused-ring (bicyclic) bond motifs is 1. The highest BCUT2D eigenvalue weighted by atomic mass is 15.3. The Labute approximate surface area is 210 Å². The van der Waals surface area contributed by atoms with Gasteiger partial charge < -0.3 is 10.2 Å². The molecule has 0 aliphatic carbocycles. The van der Waals surface area contributed by atoms with E-state index in [1.807, 2.05) is 22.9 Å². The highest BCUT2D eigenvalue weighted by Gasteiger charge is 2.22. The summed E-state index contributed by atoms with van der Waals surface area (Å²) in [6.07, 6.45) is 9.19. The van der Waals surface area contributed by atoms with E-state index < -0.39 is 0 Å². The minimum Gasteiger partial charge on any atom is -0.383 e. The van der Waals surface area contributed by atoms with Gasteiger partial charge in [-0.15, -0.1) is 0 Å². The van der Waals surface area contributed by atoms with Crippen molar-refractivity contribution in [2.24, 2.45) is 5.92 Å². The number of rotatable bonds is 10. The number of piperidine rings is 1. The van der Waals surface area contributed by atoms with E-state index in [4.69, 9.17) is 10.1 Å². The average molecular weight is 473 g/mol. The van der Waals surface area contributed by atoms with Crippen LogP contribution in [-0.4, -0.2) is 63.7 Å². The molecule has 2 aliphatic heterocycles. The maximum Gasteiger partial charge on any atom is 0.154 e. The average Bonchev–Trinajstić information content (AvgIpc) is 3.31. The summed E-state index contributed by atoms with van der Waals surface area (Å²) >= 11 is 0. The van der Waals surface area contributed by atoms with E-state index in [1.165, 1.54) is 11.1 Å². The van der Waals surface area contributed by atoms with Gasteiger partial charge in [-0.05, 0) is 55.4 Å². The summed E-state index contributed by atoms with van der Waals surface area (Å²) in [6.45, 7) is 26.6. The molecule has 0 radical (unpaired) electrons. The maximum absolute atomic E-state index is 4.89. The van der Waals surface area contributed by atoms with Crippen LogP contribution < -0.4 is 5.32 Å². The largest absolute Gasteiger partial charge is 0.383 e. The van der Waals surface area contributed by atoms with Crippen molar-refractivity contribution in [3.8, 4) is 0 Å². The van der Waals surface area contributed by atoms with E-state index in [2.05, 4.69) is 67.4 Å². The lowest BCUT2D eigenvalue weighted by molar-refractivity contribution is 0.250. The predicted molar refractivity (Wildman–Crippen MR) is 146 cm³/mol. The first kappa shape index (κ1) is 25.0. The lowest BCUT2D eigenvalue weighted by Crippen LogP contribution is -2.37. The molecule has 0 bridgehead atoms. The molecule has 0 amide bonds. The topological polar surface area (TPSA) is 48.7 Å². The zero-order chi connectivity index (χ0) is 24.9. The summed E-state index contributed by atoms with van der Waals surface area (Å²) in [5.41, 5.74) is 7.48. The van der Waals surface area contributed by atoms with Gasteiger partial charge >= 0.3 is 0 Å². The van der Waals surface area contributed by atoms with Crippen LogP contribution in [0.3, 0.4) is 0 Å². The molecule has 4 heterocycles. The third-order valence-corrected chi connectivity index (χ3v) is 7.33. The highest BCUT2D eigenvalue weighted by molar-refractivity contribution is 5.60. The number of likely N-dealkylation sites (tertiary alicyclic amines) is 1. The van der Waals surface area contributed by atoms with Gasteiger partial charge in [0.25, 0.3) is 0 Å². The molecule has 1 atom stereocenters. The third kappa shape index (κ3) is 5.93. The fourth-order valence-electron chi connectivity index (χ4n) is 5.16. The Balaban J connectivity index is 1.31. The van der Waals surface area contributed by atoms with Crippen LogP contribution in [0.4, 0.5) is 0 Å². The van der Waals surface area contributed by atoms with Gasteiger partial charge in [-0.25, -0.2) is 9.50 Å². The monoisotopic (exact) mass is 472 g/mol. The van der Waals surface area contributed by atoms with Crippen molar-refractivity contribution in [2.45, 2.75) is 39.0 Å². The van der Waals surface area contributed by atoms with E-state index >= 15 is 0 Å². The Hall–Kier alpha value is -3.12. The third-order valence-electron chi connectivity index (χ3n) is 7.33. The minimum atomic E-state index is 0.481. The van der Waals surface area contributed by atoms with Crippen LogP contribution >= 0.6 is 0 Å². The van der Waals surface area contributed by atoms with E-state index in [0.717, 1.165) is 87.0 Å². The zero-order valence-corrected chi connectivity index (χ0v) is 21.5. The smallest absolute Gasteiger partial charge is 0.154 e. The number of allylic oxidation sites excluding steroid dienone is 2. The van der Waals surface area contributed by atoms with Crippen LogP contribution in [0.15, 0.2) is 73.6 Å². The second-order valence-corrected chi connectivity index (χ2v) is 10.1. The molecule has 35 heavy (non-hydrogen) atoms. The maximum atomic E-state index is 4.89. The quantitative estimate of drug-likeness (QED) is 0.527. The van der Waals surface area contributed by atoms with E-state index in [0.29, 0.717) is 11.8 Å². The molecule has 186 valence electrons. The fourth-order valence-corrected chi connectivity index (χ4v) is 5.16. The first-order valence-electron chi connectivity index (χ1n) is 12.8. The molecule has 2 aliphatic rings. The molecule has 0 saturated carbocycles. The van der Waals surface area contributed by atoms with E-state index in [9.17, 15) is 0 Å². The van der Waals surface area contributed by atoms with Crippen LogP contribution in [0.5, 0.6) is 0 Å². The molecule has 0 aromatic carbocycles. The molecule has 6 nitrogen and oxygen atoms in total. The van der Waals surface area contributed by atoms with Gasteiger partial charge in [0.15, 0.2) is 5.65 Å². The van der Waals surface area contributed by atoms with E-state index in [1.54, 1.807) is 0 Å². The van der Waals surface area contributed by atoms with Gasteiger partial charge in [0.05, 0.1) is 17.6 Å². The molecule has 6 heteroatoms. The molecular weight excluding hydrogens is 432 g/mol. The van der Waals surface area contributed by atoms with Gasteiger partial charge in [0, 0.05) is 50.9 Å². The Bertz CT molecular complexity index is 1130. The number of imidazole rings is 1. The standard InChI is InChI=1S/C29H40N6/c1-7-24-11-14-33(19-25(24)8-2)18-22(5)17-30-23(6)28-20-35-29(31-28)10-9-27(32-35)26-12-15-34(16-13-26)21(3)4/h7-10,20,22,26,30H,1-3,6,11-19H2,4-5H3. The van der Waals surface area contributed by atoms with Crippen molar-refractivity contribution in [1.82, 2.24) is 29.7 Å². The summed E-state index contributed by atoms with van der Waals surface area (Å²) in [4.78, 5) is 9.61. The SMILES string of the molecule is C=CC1=C(C=C)CN(CC(C)CNC(=C)c2cn3nc(C4CCN(C(=C)C)CC4)ccc3n2)CC1. The normalized spacial score (nSPS) is 18.5. The van der Waals surface area contributed by atoms with Gasteiger partial charge in [0.2, 0.25) is 0 Å². The second kappa shape index (κ2) is 11.1. The molecule has 0 spiro atoms. The Morgan fingerprint density at radius 3 is 2.57 bits per heavy atom. The summed E-state index contributed by atoms with van der Waals surface area (Å²) < 4.78 is 1.90. The molecule has 1 saturated heterocycles. The number of hydrogen-bond acceptors (Lipinski definition) is 5. The van der Waals surface area contributed by atoms with Crippen LogP contribution in [0.1, 0.15) is 50.4 Å². The molecular formula is C29H40N6. The van der Waals surface area contributed by atoms with Gasteiger partial charge in [0.1, 0.15) is 5.69 Å². The Kier molecular flexibility index (Phi) is 7.91. The number of nitrogens with one attached hydrogen (secondary N) is 1. The molecule has 4 rings (SSSR count). The second-order valence-electron chi connectivity index (χ2n) is 10.1. The van der Waals surface area contributed by atoms with Gasteiger partial charge in [-0.2, -0.15) is 5.10 Å². The summed E-state index contributed by atoms with van der Waals surface area (Å²) in [6, 6.07) is 4.21. The molecule has 1 N–H and O–H groups in total. The minimum absolute atomic E-state index is 0.481. The van der Waals surface area contributed by atoms with Crippen LogP contribution in [-0.2, 0) is 0 Å².